The molecule has 0 spiro atoms. The molecule has 0 aliphatic carbocycles. The molecule has 2 nitrogen and oxygen atoms in total. The molecule has 4 aromatic rings. The Kier molecular flexibility index (Phi) is 3.51. The van der Waals surface area contributed by atoms with Gasteiger partial charge in [-0.05, 0) is 38.2 Å². The zero-order valence-electron chi connectivity index (χ0n) is 13.1. The van der Waals surface area contributed by atoms with Gasteiger partial charge in [-0.25, -0.2) is 0 Å². The lowest BCUT2D eigenvalue weighted by Crippen LogP contribution is -2.02. The summed E-state index contributed by atoms with van der Waals surface area (Å²) in [5.41, 5.74) is 2.95. The van der Waals surface area contributed by atoms with E-state index in [4.69, 9.17) is 0 Å². The Morgan fingerprint density at radius 1 is 0.708 bits per heavy atom. The number of benzene rings is 4. The molecule has 0 amide bonds. The Labute approximate surface area is 140 Å². The van der Waals surface area contributed by atoms with Crippen LogP contribution in [-0.2, 0) is 11.2 Å². The third-order valence-electron chi connectivity index (χ3n) is 4.42. The number of carboxylic acid groups (broad SMARTS) is 1. The Morgan fingerprint density at radius 3 is 2.08 bits per heavy atom. The zero-order chi connectivity index (χ0) is 16.5. The SMILES string of the molecule is O=C(O)Cc1ccc2ccccc2c1-c1cccc2ccccc12. The van der Waals surface area contributed by atoms with Gasteiger partial charge in [-0.1, -0.05) is 78.9 Å². The van der Waals surface area contributed by atoms with Crippen LogP contribution in [0.1, 0.15) is 5.56 Å². The first-order chi connectivity index (χ1) is 11.7. The minimum Gasteiger partial charge on any atom is -0.481 e. The summed E-state index contributed by atoms with van der Waals surface area (Å²) in [5.74, 6) is -0.813. The summed E-state index contributed by atoms with van der Waals surface area (Å²) in [6.45, 7) is 0. The fourth-order valence-electron chi connectivity index (χ4n) is 3.39. The fourth-order valence-corrected chi connectivity index (χ4v) is 3.39. The highest BCUT2D eigenvalue weighted by Gasteiger charge is 2.14. The van der Waals surface area contributed by atoms with Crippen LogP contribution in [0.15, 0.2) is 78.9 Å². The molecule has 24 heavy (non-hydrogen) atoms. The van der Waals surface area contributed by atoms with Gasteiger partial charge < -0.3 is 5.11 Å². The van der Waals surface area contributed by atoms with Gasteiger partial charge >= 0.3 is 5.97 Å². The second kappa shape index (κ2) is 5.82. The first kappa shape index (κ1) is 14.5. The molecule has 0 aliphatic heterocycles. The smallest absolute Gasteiger partial charge is 0.307 e. The summed E-state index contributed by atoms with van der Waals surface area (Å²) < 4.78 is 0. The van der Waals surface area contributed by atoms with Crippen molar-refractivity contribution in [3.8, 4) is 11.1 Å². The second-order valence-electron chi connectivity index (χ2n) is 5.92. The summed E-state index contributed by atoms with van der Waals surface area (Å²) in [6.07, 6.45) is 0.0173. The minimum atomic E-state index is -0.813. The summed E-state index contributed by atoms with van der Waals surface area (Å²) in [6, 6.07) is 26.5. The van der Waals surface area contributed by atoms with Gasteiger partial charge in [0.25, 0.3) is 0 Å². The molecule has 116 valence electrons. The normalized spacial score (nSPS) is 11.0. The molecule has 0 bridgehead atoms. The molecule has 2 heteroatoms. The van der Waals surface area contributed by atoms with E-state index in [1.807, 2.05) is 42.5 Å². The quantitative estimate of drug-likeness (QED) is 0.558. The molecular weight excluding hydrogens is 296 g/mol. The van der Waals surface area contributed by atoms with Gasteiger partial charge in [0.1, 0.15) is 0 Å². The van der Waals surface area contributed by atoms with Gasteiger partial charge in [0.15, 0.2) is 0 Å². The van der Waals surface area contributed by atoms with Crippen LogP contribution < -0.4 is 0 Å². The average Bonchev–Trinajstić information content (AvgIpc) is 2.61. The number of carbonyl (C=O) groups is 1. The molecule has 4 rings (SSSR count). The highest BCUT2D eigenvalue weighted by atomic mass is 16.4. The van der Waals surface area contributed by atoms with Crippen LogP contribution in [0.5, 0.6) is 0 Å². The maximum absolute atomic E-state index is 11.4. The number of hydrogen-bond donors (Lipinski definition) is 1. The standard InChI is InChI=1S/C22H16O2/c23-21(24)14-17-13-12-16-7-2-4-10-19(16)22(17)20-11-5-8-15-6-1-3-9-18(15)20/h1-13H,14H2,(H,23,24). The van der Waals surface area contributed by atoms with Crippen LogP contribution >= 0.6 is 0 Å². The maximum Gasteiger partial charge on any atom is 0.307 e. The van der Waals surface area contributed by atoms with Crippen molar-refractivity contribution in [2.24, 2.45) is 0 Å². The van der Waals surface area contributed by atoms with Gasteiger partial charge in [-0.3, -0.25) is 4.79 Å². The van der Waals surface area contributed by atoms with Gasteiger partial charge in [0.05, 0.1) is 6.42 Å². The third kappa shape index (κ3) is 2.42. The highest BCUT2D eigenvalue weighted by Crippen LogP contribution is 2.36. The summed E-state index contributed by atoms with van der Waals surface area (Å²) in [7, 11) is 0. The number of carboxylic acids is 1. The Morgan fingerprint density at radius 2 is 1.33 bits per heavy atom. The topological polar surface area (TPSA) is 37.3 Å². The van der Waals surface area contributed by atoms with Crippen molar-refractivity contribution in [1.82, 2.24) is 0 Å². The predicted octanol–water partition coefficient (Wildman–Crippen LogP) is 5.29. The van der Waals surface area contributed by atoms with Crippen molar-refractivity contribution in [1.29, 1.82) is 0 Å². The first-order valence-electron chi connectivity index (χ1n) is 7.94. The third-order valence-corrected chi connectivity index (χ3v) is 4.42. The molecule has 0 aromatic heterocycles. The minimum absolute atomic E-state index is 0.0173. The largest absolute Gasteiger partial charge is 0.481 e. The number of aliphatic carboxylic acids is 1. The van der Waals surface area contributed by atoms with Crippen LogP contribution in [-0.4, -0.2) is 11.1 Å². The average molecular weight is 312 g/mol. The second-order valence-corrected chi connectivity index (χ2v) is 5.92. The van der Waals surface area contributed by atoms with Crippen LogP contribution in [0.4, 0.5) is 0 Å². The van der Waals surface area contributed by atoms with Crippen LogP contribution in [0.2, 0.25) is 0 Å². The predicted molar refractivity (Wildman–Crippen MR) is 98.2 cm³/mol. The van der Waals surface area contributed by atoms with Gasteiger partial charge in [0, 0.05) is 0 Å². The van der Waals surface area contributed by atoms with Gasteiger partial charge in [0.2, 0.25) is 0 Å². The van der Waals surface area contributed by atoms with Gasteiger partial charge in [-0.2, -0.15) is 0 Å². The molecule has 0 atom stereocenters. The van der Waals surface area contributed by atoms with E-state index in [1.165, 1.54) is 0 Å². The van der Waals surface area contributed by atoms with Crippen molar-refractivity contribution in [2.45, 2.75) is 6.42 Å². The van der Waals surface area contributed by atoms with E-state index in [0.29, 0.717) is 0 Å². The summed E-state index contributed by atoms with van der Waals surface area (Å²) >= 11 is 0. The molecule has 0 saturated carbocycles. The molecule has 4 aromatic carbocycles. The van der Waals surface area contributed by atoms with E-state index in [1.54, 1.807) is 0 Å². The number of hydrogen-bond acceptors (Lipinski definition) is 1. The highest BCUT2D eigenvalue weighted by molar-refractivity contribution is 6.07. The van der Waals surface area contributed by atoms with Gasteiger partial charge in [-0.15, -0.1) is 0 Å². The van der Waals surface area contributed by atoms with E-state index in [9.17, 15) is 9.90 Å². The van der Waals surface area contributed by atoms with E-state index in [0.717, 1.165) is 38.2 Å². The molecular formula is C22H16O2. The molecule has 0 saturated heterocycles. The number of rotatable bonds is 3. The van der Waals surface area contributed by atoms with Crippen molar-refractivity contribution < 1.29 is 9.90 Å². The van der Waals surface area contributed by atoms with Crippen LogP contribution in [0, 0.1) is 0 Å². The molecule has 0 radical (unpaired) electrons. The van der Waals surface area contributed by atoms with Crippen molar-refractivity contribution in [2.75, 3.05) is 0 Å². The van der Waals surface area contributed by atoms with Crippen molar-refractivity contribution in [3.05, 3.63) is 84.4 Å². The Hall–Kier alpha value is -3.13. The van der Waals surface area contributed by atoms with Crippen molar-refractivity contribution in [3.63, 3.8) is 0 Å². The number of fused-ring (bicyclic) bond motifs is 2. The van der Waals surface area contributed by atoms with E-state index < -0.39 is 5.97 Å². The maximum atomic E-state index is 11.4. The lowest BCUT2D eigenvalue weighted by atomic mass is 9.89. The van der Waals surface area contributed by atoms with E-state index in [-0.39, 0.29) is 6.42 Å². The zero-order valence-corrected chi connectivity index (χ0v) is 13.1. The van der Waals surface area contributed by atoms with Crippen molar-refractivity contribution >= 4 is 27.5 Å². The Balaban J connectivity index is 2.12. The molecule has 1 N–H and O–H groups in total. The molecule has 0 heterocycles. The first-order valence-corrected chi connectivity index (χ1v) is 7.94. The van der Waals surface area contributed by atoms with Crippen LogP contribution in [0.25, 0.3) is 32.7 Å². The summed E-state index contributed by atoms with van der Waals surface area (Å²) in [5, 5.41) is 13.8. The monoisotopic (exact) mass is 312 g/mol. The molecule has 0 fully saturated rings. The van der Waals surface area contributed by atoms with E-state index in [2.05, 4.69) is 36.4 Å². The lowest BCUT2D eigenvalue weighted by Gasteiger charge is -2.15. The van der Waals surface area contributed by atoms with Crippen LogP contribution in [0.3, 0.4) is 0 Å². The molecule has 0 unspecified atom stereocenters. The summed E-state index contributed by atoms with van der Waals surface area (Å²) in [4.78, 5) is 11.4. The Bertz CT molecular complexity index is 1060. The fraction of sp³-hybridized carbons (Fsp3) is 0.0455. The van der Waals surface area contributed by atoms with E-state index >= 15 is 0 Å². The lowest BCUT2D eigenvalue weighted by molar-refractivity contribution is -0.136. The molecule has 0 aliphatic rings.